The van der Waals surface area contributed by atoms with Gasteiger partial charge in [-0.05, 0) is 30.5 Å². The lowest BCUT2D eigenvalue weighted by atomic mass is 10.0. The highest BCUT2D eigenvalue weighted by atomic mass is 16.3. The van der Waals surface area contributed by atoms with Crippen LogP contribution in [0.5, 0.6) is 0 Å². The molecule has 6 rings (SSSR count). The van der Waals surface area contributed by atoms with Gasteiger partial charge in [0.05, 0.1) is 18.8 Å². The number of carbonyl (C=O) groups is 1. The molecule has 5 heterocycles. The Kier molecular flexibility index (Phi) is 4.88. The van der Waals surface area contributed by atoms with E-state index in [1.54, 1.807) is 13.1 Å². The first-order valence-electron chi connectivity index (χ1n) is 11.6. The molecule has 1 saturated heterocycles. The second-order valence-corrected chi connectivity index (χ2v) is 9.01. The second-order valence-electron chi connectivity index (χ2n) is 9.01. The predicted octanol–water partition coefficient (Wildman–Crippen LogP) is 3.95. The van der Waals surface area contributed by atoms with Crippen molar-refractivity contribution in [3.8, 4) is 28.5 Å². The minimum absolute atomic E-state index is 0.121. The number of nitrogen functional groups attached to an aromatic ring is 1. The number of aromatic nitrogens is 3. The molecule has 3 aromatic heterocycles. The average molecular weight is 466 g/mol. The van der Waals surface area contributed by atoms with Crippen LogP contribution in [0.1, 0.15) is 36.9 Å². The molecular weight excluding hydrogens is 442 g/mol. The zero-order valence-electron chi connectivity index (χ0n) is 19.2. The number of nitrogens with two attached hydrogens (primary N) is 1. The minimum atomic E-state index is 0.121. The Bertz CT molecular complexity index is 1550. The summed E-state index contributed by atoms with van der Waals surface area (Å²) in [6, 6.07) is 10.3. The van der Waals surface area contributed by atoms with Crippen LogP contribution in [-0.4, -0.2) is 44.4 Å². The molecule has 1 aromatic carbocycles. The maximum absolute atomic E-state index is 11.6. The van der Waals surface area contributed by atoms with Crippen molar-refractivity contribution in [1.82, 2.24) is 19.7 Å². The summed E-state index contributed by atoms with van der Waals surface area (Å²) in [4.78, 5) is 22.2. The molecule has 9 nitrogen and oxygen atoms in total. The van der Waals surface area contributed by atoms with Gasteiger partial charge in [-0.2, -0.15) is 10.4 Å². The van der Waals surface area contributed by atoms with Gasteiger partial charge < -0.3 is 15.1 Å². The Morgan fingerprint density at radius 1 is 1.17 bits per heavy atom. The van der Waals surface area contributed by atoms with Gasteiger partial charge in [0.1, 0.15) is 17.5 Å². The van der Waals surface area contributed by atoms with Crippen LogP contribution < -0.4 is 5.73 Å². The number of anilines is 1. The lowest BCUT2D eigenvalue weighted by molar-refractivity contribution is -0.130. The van der Waals surface area contributed by atoms with Crippen molar-refractivity contribution in [1.29, 1.82) is 5.26 Å². The molecule has 2 N–H and O–H groups in total. The fourth-order valence-corrected chi connectivity index (χ4v) is 4.97. The highest BCUT2D eigenvalue weighted by Crippen LogP contribution is 2.38. The Hall–Kier alpha value is -4.45. The molecular formula is C26H23N7O2. The number of benzene rings is 1. The molecule has 9 heteroatoms. The van der Waals surface area contributed by atoms with Gasteiger partial charge in [0.25, 0.3) is 0 Å². The van der Waals surface area contributed by atoms with Crippen molar-refractivity contribution in [2.45, 2.75) is 32.4 Å². The van der Waals surface area contributed by atoms with Gasteiger partial charge in [-0.25, -0.2) is 4.98 Å². The summed E-state index contributed by atoms with van der Waals surface area (Å²) in [6.07, 6.45) is 7.36. The molecule has 0 unspecified atom stereocenters. The molecule has 0 atom stereocenters. The zero-order valence-corrected chi connectivity index (χ0v) is 19.2. The number of likely N-dealkylation sites (tertiary alicyclic amines) is 1. The fourth-order valence-electron chi connectivity index (χ4n) is 4.97. The van der Waals surface area contributed by atoms with Gasteiger partial charge in [0, 0.05) is 60.0 Å². The predicted molar refractivity (Wildman–Crippen MR) is 131 cm³/mol. The summed E-state index contributed by atoms with van der Waals surface area (Å²) in [6.45, 7) is 3.63. The first kappa shape index (κ1) is 21.1. The molecule has 0 aliphatic carbocycles. The van der Waals surface area contributed by atoms with Crippen LogP contribution in [0.15, 0.2) is 52.3 Å². The lowest BCUT2D eigenvalue weighted by Gasteiger charge is -2.31. The van der Waals surface area contributed by atoms with E-state index in [4.69, 9.17) is 10.2 Å². The van der Waals surface area contributed by atoms with Gasteiger partial charge in [0.2, 0.25) is 5.91 Å². The molecule has 0 saturated carbocycles. The zero-order chi connectivity index (χ0) is 24.1. The van der Waals surface area contributed by atoms with Crippen molar-refractivity contribution in [3.05, 3.63) is 54.0 Å². The number of amides is 1. The number of nitriles is 1. The Morgan fingerprint density at radius 2 is 2.00 bits per heavy atom. The van der Waals surface area contributed by atoms with E-state index in [2.05, 4.69) is 21.1 Å². The van der Waals surface area contributed by atoms with E-state index in [9.17, 15) is 10.1 Å². The molecule has 2 aliphatic rings. The van der Waals surface area contributed by atoms with E-state index in [0.717, 1.165) is 59.1 Å². The van der Waals surface area contributed by atoms with Gasteiger partial charge in [-0.3, -0.25) is 14.5 Å². The van der Waals surface area contributed by atoms with Gasteiger partial charge >= 0.3 is 0 Å². The maximum Gasteiger partial charge on any atom is 0.219 e. The van der Waals surface area contributed by atoms with E-state index in [1.807, 2.05) is 46.2 Å². The van der Waals surface area contributed by atoms with Gasteiger partial charge in [-0.1, -0.05) is 12.1 Å². The van der Waals surface area contributed by atoms with Crippen LogP contribution in [0.25, 0.3) is 33.4 Å². The van der Waals surface area contributed by atoms with Crippen LogP contribution in [0.2, 0.25) is 0 Å². The molecule has 174 valence electrons. The molecule has 2 aliphatic heterocycles. The van der Waals surface area contributed by atoms with Crippen LogP contribution in [0.3, 0.4) is 0 Å². The van der Waals surface area contributed by atoms with Crippen LogP contribution in [0.4, 0.5) is 5.82 Å². The molecule has 4 aromatic rings. The summed E-state index contributed by atoms with van der Waals surface area (Å²) in [5, 5.41) is 14.8. The highest BCUT2D eigenvalue weighted by Gasteiger charge is 2.24. The Morgan fingerprint density at radius 3 is 2.77 bits per heavy atom. The van der Waals surface area contributed by atoms with Crippen molar-refractivity contribution in [2.24, 2.45) is 4.99 Å². The first-order chi connectivity index (χ1) is 17.0. The van der Waals surface area contributed by atoms with E-state index in [-0.39, 0.29) is 11.9 Å². The third-order valence-electron chi connectivity index (χ3n) is 6.95. The summed E-state index contributed by atoms with van der Waals surface area (Å²) < 4.78 is 8.14. The molecule has 0 bridgehead atoms. The summed E-state index contributed by atoms with van der Waals surface area (Å²) >= 11 is 0. The standard InChI is InChI=1S/C26H23N7O2/c1-15(34)32-6-4-19(5-7-32)33-14-18(12-31-33)22-13-30-26(28)25-21(22)9-24(35-25)16-2-3-17-11-29-23(10-27)20(17)8-16/h2-3,8-9,12-14,19H,4-7,11H2,1H3,(H2,28,30). The lowest BCUT2D eigenvalue weighted by Crippen LogP contribution is -2.37. The maximum atomic E-state index is 11.6. The van der Waals surface area contributed by atoms with Crippen molar-refractivity contribution < 1.29 is 9.21 Å². The summed E-state index contributed by atoms with van der Waals surface area (Å²) in [7, 11) is 0. The van der Waals surface area contributed by atoms with E-state index in [1.165, 1.54) is 0 Å². The van der Waals surface area contributed by atoms with E-state index in [0.29, 0.717) is 29.4 Å². The smallest absolute Gasteiger partial charge is 0.219 e. The number of aliphatic imine (C=N–C) groups is 1. The first-order valence-corrected chi connectivity index (χ1v) is 11.6. The second kappa shape index (κ2) is 8.09. The topological polar surface area (TPSA) is 126 Å². The molecule has 0 radical (unpaired) electrons. The number of furan rings is 1. The number of piperidine rings is 1. The largest absolute Gasteiger partial charge is 0.452 e. The monoisotopic (exact) mass is 465 g/mol. The number of pyridine rings is 1. The third kappa shape index (κ3) is 3.54. The molecule has 0 spiro atoms. The third-order valence-corrected chi connectivity index (χ3v) is 6.95. The highest BCUT2D eigenvalue weighted by molar-refractivity contribution is 6.14. The average Bonchev–Trinajstić information content (AvgIpc) is 3.62. The molecule has 1 amide bonds. The number of hydrogen-bond donors (Lipinski definition) is 1. The quantitative estimate of drug-likeness (QED) is 0.488. The van der Waals surface area contributed by atoms with Crippen molar-refractivity contribution >= 4 is 28.4 Å². The number of carbonyl (C=O) groups excluding carboxylic acids is 1. The summed E-state index contributed by atoms with van der Waals surface area (Å²) in [5.74, 6) is 1.09. The van der Waals surface area contributed by atoms with Gasteiger partial charge in [-0.15, -0.1) is 0 Å². The normalized spacial score (nSPS) is 15.8. The minimum Gasteiger partial charge on any atom is -0.452 e. The van der Waals surface area contributed by atoms with E-state index >= 15 is 0 Å². The van der Waals surface area contributed by atoms with E-state index < -0.39 is 0 Å². The number of hydrogen-bond acceptors (Lipinski definition) is 7. The number of fused-ring (bicyclic) bond motifs is 2. The Labute approximate surface area is 201 Å². The summed E-state index contributed by atoms with van der Waals surface area (Å²) in [5.41, 5.74) is 11.7. The molecule has 1 fully saturated rings. The van der Waals surface area contributed by atoms with Gasteiger partial charge in [0.15, 0.2) is 11.4 Å². The Balaban J connectivity index is 1.34. The van der Waals surface area contributed by atoms with Crippen LogP contribution >= 0.6 is 0 Å². The van der Waals surface area contributed by atoms with Crippen molar-refractivity contribution in [3.63, 3.8) is 0 Å². The number of rotatable bonds is 3. The fraction of sp³-hybridized carbons (Fsp3) is 0.269. The SMILES string of the molecule is CC(=O)N1CCC(n2cc(-c3cnc(N)c4oc(-c5ccc6c(c5)C(C#N)=NC6)cc34)cn2)CC1. The number of nitrogens with zero attached hydrogens (tertiary/aromatic N) is 6. The molecule has 35 heavy (non-hydrogen) atoms. The van der Waals surface area contributed by atoms with Crippen LogP contribution in [0, 0.1) is 11.3 Å². The van der Waals surface area contributed by atoms with Crippen molar-refractivity contribution in [2.75, 3.05) is 18.8 Å². The van der Waals surface area contributed by atoms with Crippen LogP contribution in [-0.2, 0) is 11.3 Å².